The average molecular weight is 344 g/mol. The van der Waals surface area contributed by atoms with Gasteiger partial charge in [0.05, 0.1) is 12.7 Å². The molecule has 0 atom stereocenters. The van der Waals surface area contributed by atoms with Gasteiger partial charge in [-0.3, -0.25) is 0 Å². The predicted octanol–water partition coefficient (Wildman–Crippen LogP) is 6.80. The van der Waals surface area contributed by atoms with Gasteiger partial charge in [0, 0.05) is 5.92 Å². The third kappa shape index (κ3) is 5.94. The van der Waals surface area contributed by atoms with Gasteiger partial charge >= 0.3 is 6.08 Å². The van der Waals surface area contributed by atoms with Crippen LogP contribution in [0.5, 0.6) is 0 Å². The highest BCUT2D eigenvalue weighted by atomic mass is 19.3. The van der Waals surface area contributed by atoms with Crippen molar-refractivity contribution in [3.8, 4) is 0 Å². The second-order valence-electron chi connectivity index (χ2n) is 7.35. The van der Waals surface area contributed by atoms with E-state index in [0.29, 0.717) is 37.4 Å². The summed E-state index contributed by atoms with van der Waals surface area (Å²) < 4.78 is 44.0. The van der Waals surface area contributed by atoms with Crippen LogP contribution in [0.3, 0.4) is 0 Å². The van der Waals surface area contributed by atoms with Gasteiger partial charge < -0.3 is 4.74 Å². The molecule has 0 saturated heterocycles. The maximum Gasteiger partial charge on any atom is 0.301 e. The number of unbranched alkanes of at least 4 members (excludes halogenated alkanes) is 1. The topological polar surface area (TPSA) is 9.23 Å². The number of hydrogen-bond donors (Lipinski definition) is 0. The van der Waals surface area contributed by atoms with E-state index in [-0.39, 0.29) is 0 Å². The van der Waals surface area contributed by atoms with E-state index >= 15 is 0 Å². The van der Waals surface area contributed by atoms with E-state index < -0.39 is 17.8 Å². The maximum absolute atomic E-state index is 13.3. The molecule has 0 N–H and O–H groups in total. The van der Waals surface area contributed by atoms with Crippen molar-refractivity contribution in [3.63, 3.8) is 0 Å². The molecule has 0 aliphatic heterocycles. The normalized spacial score (nSPS) is 31.3. The van der Waals surface area contributed by atoms with Crippen LogP contribution in [-0.2, 0) is 4.74 Å². The lowest BCUT2D eigenvalue weighted by atomic mass is 9.70. The molecule has 0 unspecified atom stereocenters. The molecule has 0 spiro atoms. The van der Waals surface area contributed by atoms with Gasteiger partial charge in [-0.05, 0) is 69.6 Å². The van der Waals surface area contributed by atoms with Crippen molar-refractivity contribution in [2.45, 2.75) is 77.2 Å². The summed E-state index contributed by atoms with van der Waals surface area (Å²) >= 11 is 0. The van der Waals surface area contributed by atoms with Gasteiger partial charge in [0.2, 0.25) is 0 Å². The summed E-state index contributed by atoms with van der Waals surface area (Å²) in [6, 6.07) is 0. The van der Waals surface area contributed by atoms with E-state index in [1.165, 1.54) is 6.42 Å². The van der Waals surface area contributed by atoms with Crippen LogP contribution in [0.4, 0.5) is 13.2 Å². The Balaban J connectivity index is 1.66. The summed E-state index contributed by atoms with van der Waals surface area (Å²) in [5, 5.41) is 0. The molecule has 0 aromatic carbocycles. The largest absolute Gasteiger partial charge is 0.374 e. The molecule has 4 heteroatoms. The van der Waals surface area contributed by atoms with Crippen molar-refractivity contribution in [2.24, 2.45) is 17.8 Å². The smallest absolute Gasteiger partial charge is 0.301 e. The highest BCUT2D eigenvalue weighted by Gasteiger charge is 2.33. The number of halogens is 3. The van der Waals surface area contributed by atoms with Gasteiger partial charge in [-0.15, -0.1) is 0 Å². The first-order valence-corrected chi connectivity index (χ1v) is 9.59. The Morgan fingerprint density at radius 3 is 2.00 bits per heavy atom. The van der Waals surface area contributed by atoms with E-state index in [1.807, 2.05) is 0 Å². The zero-order valence-corrected chi connectivity index (χ0v) is 14.8. The van der Waals surface area contributed by atoms with E-state index in [0.717, 1.165) is 44.9 Å². The third-order valence-corrected chi connectivity index (χ3v) is 5.75. The minimum absolute atomic E-state index is 0.366. The van der Waals surface area contributed by atoms with Crippen molar-refractivity contribution >= 4 is 0 Å². The molecule has 0 heterocycles. The minimum atomic E-state index is -2.12. The van der Waals surface area contributed by atoms with Gasteiger partial charge in [-0.2, -0.15) is 8.78 Å². The van der Waals surface area contributed by atoms with Crippen LogP contribution in [0.1, 0.15) is 71.1 Å². The molecule has 2 aliphatic rings. The number of hydrogen-bond acceptors (Lipinski definition) is 1. The zero-order chi connectivity index (χ0) is 17.4. The third-order valence-electron chi connectivity index (χ3n) is 5.75. The van der Waals surface area contributed by atoms with Crippen LogP contribution in [0, 0.1) is 17.8 Å². The lowest BCUT2D eigenvalue weighted by Gasteiger charge is -2.37. The van der Waals surface area contributed by atoms with Crippen LogP contribution in [0.15, 0.2) is 24.1 Å². The summed E-state index contributed by atoms with van der Waals surface area (Å²) in [7, 11) is 0. The predicted molar refractivity (Wildman–Crippen MR) is 91.5 cm³/mol. The summed E-state index contributed by atoms with van der Waals surface area (Å²) in [6.07, 6.45) is 12.3. The Morgan fingerprint density at radius 1 is 0.875 bits per heavy atom. The first kappa shape index (κ1) is 19.6. The molecule has 24 heavy (non-hydrogen) atoms. The van der Waals surface area contributed by atoms with Crippen molar-refractivity contribution in [3.05, 3.63) is 24.1 Å². The fourth-order valence-electron chi connectivity index (χ4n) is 4.27. The van der Waals surface area contributed by atoms with Gasteiger partial charge in [0.15, 0.2) is 5.83 Å². The quantitative estimate of drug-likeness (QED) is 0.461. The van der Waals surface area contributed by atoms with Crippen molar-refractivity contribution in [2.75, 3.05) is 6.61 Å². The van der Waals surface area contributed by atoms with Crippen molar-refractivity contribution in [1.29, 1.82) is 0 Å². The molecular weight excluding hydrogens is 313 g/mol. The Bertz CT molecular complexity index is 413. The first-order valence-electron chi connectivity index (χ1n) is 9.59. The number of ether oxygens (including phenoxy) is 1. The Labute approximate surface area is 144 Å². The Hall–Kier alpha value is -0.770. The molecule has 0 bridgehead atoms. The first-order chi connectivity index (χ1) is 11.6. The van der Waals surface area contributed by atoms with E-state index in [4.69, 9.17) is 4.74 Å². The molecule has 2 rings (SSSR count). The number of rotatable bonds is 7. The Kier molecular flexibility index (Phi) is 8.37. The lowest BCUT2D eigenvalue weighted by Crippen LogP contribution is -2.28. The summed E-state index contributed by atoms with van der Waals surface area (Å²) in [5.41, 5.74) is 0. The highest BCUT2D eigenvalue weighted by Crippen LogP contribution is 2.42. The molecule has 0 aromatic rings. The minimum Gasteiger partial charge on any atom is -0.374 e. The Morgan fingerprint density at radius 2 is 1.46 bits per heavy atom. The van der Waals surface area contributed by atoms with E-state index in [1.54, 1.807) is 0 Å². The van der Waals surface area contributed by atoms with Gasteiger partial charge in [0.25, 0.3) is 0 Å². The molecule has 138 valence electrons. The monoisotopic (exact) mass is 344 g/mol. The fraction of sp³-hybridized carbons (Fsp3) is 0.800. The zero-order valence-electron chi connectivity index (χ0n) is 14.8. The van der Waals surface area contributed by atoms with E-state index in [9.17, 15) is 13.2 Å². The summed E-state index contributed by atoms with van der Waals surface area (Å²) in [6.45, 7) is 2.87. The molecular formula is C20H31F3O. The van der Waals surface area contributed by atoms with Gasteiger partial charge in [-0.25, -0.2) is 4.39 Å². The van der Waals surface area contributed by atoms with Gasteiger partial charge in [0.1, 0.15) is 0 Å². The second-order valence-corrected chi connectivity index (χ2v) is 7.35. The van der Waals surface area contributed by atoms with Crippen molar-refractivity contribution in [1.82, 2.24) is 0 Å². The van der Waals surface area contributed by atoms with Crippen LogP contribution in [-0.4, -0.2) is 12.7 Å². The molecule has 0 aromatic heterocycles. The van der Waals surface area contributed by atoms with Crippen LogP contribution in [0.25, 0.3) is 0 Å². The van der Waals surface area contributed by atoms with Crippen LogP contribution in [0.2, 0.25) is 0 Å². The maximum atomic E-state index is 13.3. The molecule has 2 saturated carbocycles. The molecule has 0 amide bonds. The fourth-order valence-corrected chi connectivity index (χ4v) is 4.27. The molecule has 1 nitrogen and oxygen atoms in total. The molecule has 2 fully saturated rings. The van der Waals surface area contributed by atoms with Crippen LogP contribution < -0.4 is 0 Å². The second kappa shape index (κ2) is 10.3. The average Bonchev–Trinajstić information content (AvgIpc) is 2.61. The summed E-state index contributed by atoms with van der Waals surface area (Å²) in [5.74, 6) is -0.451. The van der Waals surface area contributed by atoms with Crippen molar-refractivity contribution < 1.29 is 17.9 Å². The molecule has 0 radical (unpaired) electrons. The SMILES string of the molecule is CCC/C=C/COC1CCC(C2CCC(C(F)=C(F)F)CC2)CC1. The van der Waals surface area contributed by atoms with E-state index in [2.05, 4.69) is 19.1 Å². The number of allylic oxidation sites excluding steroid dienone is 2. The summed E-state index contributed by atoms with van der Waals surface area (Å²) in [4.78, 5) is 0. The molecule has 2 aliphatic carbocycles. The standard InChI is InChI=1S/C20H31F3O/c1-2-3-4-5-14-24-18-12-10-16(11-13-18)15-6-8-17(9-7-15)19(21)20(22)23/h4-5,15-18H,2-3,6-14H2,1H3/b5-4+. The highest BCUT2D eigenvalue weighted by molar-refractivity contribution is 5.00. The lowest BCUT2D eigenvalue weighted by molar-refractivity contribution is 0.0213. The van der Waals surface area contributed by atoms with Crippen LogP contribution >= 0.6 is 0 Å². The van der Waals surface area contributed by atoms with Gasteiger partial charge in [-0.1, -0.05) is 25.5 Å².